The van der Waals surface area contributed by atoms with Crippen LogP contribution in [0.2, 0.25) is 0 Å². The first-order chi connectivity index (χ1) is 5.00. The second-order valence-electron chi connectivity index (χ2n) is 3.92. The summed E-state index contributed by atoms with van der Waals surface area (Å²) in [7, 11) is 0. The number of hydrogen-bond acceptors (Lipinski definition) is 0. The van der Waals surface area contributed by atoms with Crippen molar-refractivity contribution in [2.45, 2.75) is 43.2 Å². The monoisotopic (exact) mass is 270 g/mol. The zero-order chi connectivity index (χ0) is 8.48. The fourth-order valence-corrected chi connectivity index (χ4v) is 2.46. The predicted molar refractivity (Wildman–Crippen MR) is 54.7 cm³/mol. The molecule has 0 aromatic carbocycles. The fraction of sp³-hybridized carbons (Fsp3) is 1.00. The third-order valence-corrected chi connectivity index (χ3v) is 3.53. The Kier molecular flexibility index (Phi) is 3.18. The first-order valence-electron chi connectivity index (χ1n) is 4.38. The summed E-state index contributed by atoms with van der Waals surface area (Å²) < 4.78 is 12.5. The standard InChI is InChI=1S/C9H16FI/c1-7-4-3-5-8(6-7)9(2,10)11/h7-8H,3-6H2,1-2H3. The van der Waals surface area contributed by atoms with Gasteiger partial charge in [0.2, 0.25) is 0 Å². The number of halogens is 2. The molecule has 0 amide bonds. The fourth-order valence-electron chi connectivity index (χ4n) is 1.89. The Bertz CT molecular complexity index is 128. The average Bonchev–Trinajstić information content (AvgIpc) is 1.86. The second kappa shape index (κ2) is 3.58. The van der Waals surface area contributed by atoms with Gasteiger partial charge in [-0.15, -0.1) is 0 Å². The highest BCUT2D eigenvalue weighted by Crippen LogP contribution is 2.41. The molecule has 0 aromatic heterocycles. The van der Waals surface area contributed by atoms with E-state index in [1.807, 2.05) is 22.6 Å². The largest absolute Gasteiger partial charge is 0.232 e. The zero-order valence-electron chi connectivity index (χ0n) is 7.24. The van der Waals surface area contributed by atoms with Crippen LogP contribution >= 0.6 is 22.6 Å². The van der Waals surface area contributed by atoms with Crippen LogP contribution in [0.25, 0.3) is 0 Å². The minimum Gasteiger partial charge on any atom is -0.232 e. The highest BCUT2D eigenvalue weighted by molar-refractivity contribution is 14.1. The maximum Gasteiger partial charge on any atom is 0.161 e. The van der Waals surface area contributed by atoms with Crippen molar-refractivity contribution in [3.63, 3.8) is 0 Å². The van der Waals surface area contributed by atoms with Gasteiger partial charge in [-0.25, -0.2) is 4.39 Å². The summed E-state index contributed by atoms with van der Waals surface area (Å²) >= 11 is 1.94. The smallest absolute Gasteiger partial charge is 0.161 e. The van der Waals surface area contributed by atoms with Gasteiger partial charge in [-0.3, -0.25) is 0 Å². The van der Waals surface area contributed by atoms with E-state index in [-0.39, 0.29) is 0 Å². The Labute approximate surface area is 82.1 Å². The van der Waals surface area contributed by atoms with E-state index in [0.29, 0.717) is 5.92 Å². The zero-order valence-corrected chi connectivity index (χ0v) is 9.40. The van der Waals surface area contributed by atoms with Gasteiger partial charge in [-0.1, -0.05) is 19.8 Å². The van der Waals surface area contributed by atoms with Crippen molar-refractivity contribution < 1.29 is 4.39 Å². The van der Waals surface area contributed by atoms with Gasteiger partial charge in [0, 0.05) is 5.92 Å². The molecule has 0 heterocycles. The molecule has 1 saturated carbocycles. The Balaban J connectivity index is 2.46. The van der Waals surface area contributed by atoms with E-state index in [1.54, 1.807) is 6.92 Å². The predicted octanol–water partition coefficient (Wildman–Crippen LogP) is 3.93. The molecule has 2 heteroatoms. The maximum absolute atomic E-state index is 13.4. The molecule has 0 spiro atoms. The minimum atomic E-state index is -0.980. The molecule has 3 unspecified atom stereocenters. The molecule has 1 aliphatic carbocycles. The molecule has 11 heavy (non-hydrogen) atoms. The van der Waals surface area contributed by atoms with Crippen LogP contribution in [0.5, 0.6) is 0 Å². The van der Waals surface area contributed by atoms with Crippen molar-refractivity contribution in [3.8, 4) is 0 Å². The molecular weight excluding hydrogens is 254 g/mol. The lowest BCUT2D eigenvalue weighted by atomic mass is 9.80. The molecule has 1 aliphatic rings. The number of hydrogen-bond donors (Lipinski definition) is 0. The van der Waals surface area contributed by atoms with Gasteiger partial charge in [0.1, 0.15) is 0 Å². The molecule has 1 fully saturated rings. The van der Waals surface area contributed by atoms with E-state index >= 15 is 0 Å². The normalized spacial score (nSPS) is 38.2. The maximum atomic E-state index is 13.4. The van der Waals surface area contributed by atoms with Gasteiger partial charge in [0.05, 0.1) is 0 Å². The van der Waals surface area contributed by atoms with Crippen LogP contribution in [-0.4, -0.2) is 3.68 Å². The van der Waals surface area contributed by atoms with Crippen LogP contribution in [0.4, 0.5) is 4.39 Å². The molecule has 0 N–H and O–H groups in total. The summed E-state index contributed by atoms with van der Waals surface area (Å²) in [6.45, 7) is 3.94. The van der Waals surface area contributed by atoms with Crippen molar-refractivity contribution >= 4 is 22.6 Å². The quantitative estimate of drug-likeness (QED) is 0.500. The summed E-state index contributed by atoms with van der Waals surface area (Å²) in [6.07, 6.45) is 4.67. The van der Waals surface area contributed by atoms with Crippen LogP contribution in [0, 0.1) is 11.8 Å². The van der Waals surface area contributed by atoms with Crippen molar-refractivity contribution in [1.82, 2.24) is 0 Å². The number of rotatable bonds is 1. The Morgan fingerprint density at radius 1 is 1.45 bits per heavy atom. The summed E-state index contributed by atoms with van der Waals surface area (Å²) in [6, 6.07) is 0. The highest BCUT2D eigenvalue weighted by atomic mass is 127. The van der Waals surface area contributed by atoms with Gasteiger partial charge in [0.15, 0.2) is 3.68 Å². The Hall–Kier alpha value is 0.660. The second-order valence-corrected chi connectivity index (χ2v) is 6.03. The Morgan fingerprint density at radius 2 is 2.09 bits per heavy atom. The van der Waals surface area contributed by atoms with E-state index in [0.717, 1.165) is 18.8 Å². The molecule has 66 valence electrons. The topological polar surface area (TPSA) is 0 Å². The molecule has 0 aromatic rings. The van der Waals surface area contributed by atoms with E-state index in [9.17, 15) is 4.39 Å². The van der Waals surface area contributed by atoms with Crippen LogP contribution in [0.15, 0.2) is 0 Å². The SMILES string of the molecule is CC1CCCC(C(C)(F)I)C1. The number of alkyl halides is 2. The van der Waals surface area contributed by atoms with Gasteiger partial charge in [-0.2, -0.15) is 0 Å². The van der Waals surface area contributed by atoms with Crippen LogP contribution in [-0.2, 0) is 0 Å². The summed E-state index contributed by atoms with van der Waals surface area (Å²) in [4.78, 5) is 0. The summed E-state index contributed by atoms with van der Waals surface area (Å²) in [5, 5.41) is 0. The molecule has 0 saturated heterocycles. The average molecular weight is 270 g/mol. The summed E-state index contributed by atoms with van der Waals surface area (Å²) in [5.74, 6) is 1.03. The first-order valence-corrected chi connectivity index (χ1v) is 5.46. The molecular formula is C9H16FI. The molecule has 0 bridgehead atoms. The van der Waals surface area contributed by atoms with Crippen molar-refractivity contribution in [3.05, 3.63) is 0 Å². The lowest BCUT2D eigenvalue weighted by Gasteiger charge is -2.32. The van der Waals surface area contributed by atoms with Gasteiger partial charge < -0.3 is 0 Å². The summed E-state index contributed by atoms with van der Waals surface area (Å²) in [5.41, 5.74) is 0. The third-order valence-electron chi connectivity index (χ3n) is 2.65. The third kappa shape index (κ3) is 2.88. The van der Waals surface area contributed by atoms with Crippen LogP contribution in [0.3, 0.4) is 0 Å². The van der Waals surface area contributed by atoms with E-state index < -0.39 is 3.68 Å². The van der Waals surface area contributed by atoms with Crippen molar-refractivity contribution in [1.29, 1.82) is 0 Å². The van der Waals surface area contributed by atoms with E-state index in [4.69, 9.17) is 0 Å². The van der Waals surface area contributed by atoms with Crippen molar-refractivity contribution in [2.75, 3.05) is 0 Å². The first kappa shape index (κ1) is 9.75. The van der Waals surface area contributed by atoms with Crippen LogP contribution in [0.1, 0.15) is 39.5 Å². The minimum absolute atomic E-state index is 0.298. The lowest BCUT2D eigenvalue weighted by molar-refractivity contribution is 0.155. The molecule has 3 atom stereocenters. The molecule has 0 nitrogen and oxygen atoms in total. The van der Waals surface area contributed by atoms with Crippen molar-refractivity contribution in [2.24, 2.45) is 11.8 Å². The highest BCUT2D eigenvalue weighted by Gasteiger charge is 2.33. The van der Waals surface area contributed by atoms with E-state index in [2.05, 4.69) is 6.92 Å². The van der Waals surface area contributed by atoms with Gasteiger partial charge in [0.25, 0.3) is 0 Å². The molecule has 0 radical (unpaired) electrons. The molecule has 1 rings (SSSR count). The van der Waals surface area contributed by atoms with Gasteiger partial charge >= 0.3 is 0 Å². The van der Waals surface area contributed by atoms with Crippen LogP contribution < -0.4 is 0 Å². The van der Waals surface area contributed by atoms with E-state index in [1.165, 1.54) is 12.8 Å². The molecule has 0 aliphatic heterocycles. The lowest BCUT2D eigenvalue weighted by Crippen LogP contribution is -2.27. The van der Waals surface area contributed by atoms with Gasteiger partial charge in [-0.05, 0) is 48.3 Å². The Morgan fingerprint density at radius 3 is 2.45 bits per heavy atom.